The Balaban J connectivity index is 1.43. The number of nitrogens with one attached hydrogen (secondary N) is 1. The minimum absolute atomic E-state index is 0.0182. The van der Waals surface area contributed by atoms with Gasteiger partial charge >= 0.3 is 0 Å². The molecule has 1 aromatic carbocycles. The molecule has 1 saturated carbocycles. The lowest BCUT2D eigenvalue weighted by Crippen LogP contribution is -2.63. The zero-order valence-corrected chi connectivity index (χ0v) is 13.1. The van der Waals surface area contributed by atoms with Gasteiger partial charge < -0.3 is 19.4 Å². The molecule has 1 aliphatic heterocycles. The lowest BCUT2D eigenvalue weighted by Gasteiger charge is -2.47. The van der Waals surface area contributed by atoms with E-state index in [1.54, 1.807) is 13.4 Å². The van der Waals surface area contributed by atoms with Crippen LogP contribution in [0.3, 0.4) is 0 Å². The molecular weight excluding hydrogens is 294 g/mol. The van der Waals surface area contributed by atoms with Crippen molar-refractivity contribution in [2.75, 3.05) is 20.3 Å². The first-order valence-corrected chi connectivity index (χ1v) is 8.07. The van der Waals surface area contributed by atoms with Gasteiger partial charge in [0.15, 0.2) is 0 Å². The molecule has 4 rings (SSSR count). The van der Waals surface area contributed by atoms with Crippen LogP contribution in [0.5, 0.6) is 0 Å². The fraction of sp³-hybridized carbons (Fsp3) is 0.529. The van der Waals surface area contributed by atoms with Gasteiger partial charge in [0.25, 0.3) is 0 Å². The summed E-state index contributed by atoms with van der Waals surface area (Å²) >= 11 is 0. The van der Waals surface area contributed by atoms with Crippen molar-refractivity contribution in [1.82, 2.24) is 14.9 Å². The van der Waals surface area contributed by atoms with Gasteiger partial charge in [-0.3, -0.25) is 4.79 Å². The van der Waals surface area contributed by atoms with Crippen LogP contribution in [0.4, 0.5) is 0 Å². The number of fused-ring (bicyclic) bond motifs is 2. The normalized spacial score (nSPS) is 29.3. The highest BCUT2D eigenvalue weighted by atomic mass is 16.5. The summed E-state index contributed by atoms with van der Waals surface area (Å²) in [5.74, 6) is 0.708. The summed E-state index contributed by atoms with van der Waals surface area (Å²) in [5, 5.41) is 3.18. The van der Waals surface area contributed by atoms with Gasteiger partial charge in [-0.15, -0.1) is 0 Å². The van der Waals surface area contributed by atoms with E-state index in [0.717, 1.165) is 24.1 Å². The zero-order chi connectivity index (χ0) is 15.8. The monoisotopic (exact) mass is 315 g/mol. The molecule has 1 N–H and O–H groups in total. The molecule has 2 aromatic rings. The molecule has 122 valence electrons. The van der Waals surface area contributed by atoms with Gasteiger partial charge in [0.05, 0.1) is 30.1 Å². The van der Waals surface area contributed by atoms with Gasteiger partial charge in [0.1, 0.15) is 6.54 Å². The summed E-state index contributed by atoms with van der Waals surface area (Å²) in [4.78, 5) is 16.8. The van der Waals surface area contributed by atoms with Gasteiger partial charge in [0.2, 0.25) is 5.91 Å². The van der Waals surface area contributed by atoms with E-state index in [1.165, 1.54) is 0 Å². The topological polar surface area (TPSA) is 65.4 Å². The van der Waals surface area contributed by atoms with Crippen LogP contribution in [0.15, 0.2) is 30.6 Å². The fourth-order valence-electron chi connectivity index (χ4n) is 3.96. The van der Waals surface area contributed by atoms with Crippen LogP contribution in [0.1, 0.15) is 6.42 Å². The molecule has 6 heteroatoms. The van der Waals surface area contributed by atoms with Gasteiger partial charge in [-0.25, -0.2) is 4.98 Å². The summed E-state index contributed by atoms with van der Waals surface area (Å²) < 4.78 is 12.9. The molecule has 1 aromatic heterocycles. The maximum Gasteiger partial charge on any atom is 0.240 e. The Morgan fingerprint density at radius 2 is 2.35 bits per heavy atom. The number of ether oxygens (including phenoxy) is 2. The standard InChI is InChI=1S/C17H21N3O3/c1-22-9-12-16(11-6-7-23-17(11)12)19-15(21)8-20-10-18-13-4-2-3-5-14(13)20/h2-5,10-12,16-17H,6-9H2,1H3,(H,19,21)/t11-,12+,16-,17-/m0/s1. The highest BCUT2D eigenvalue weighted by Gasteiger charge is 2.54. The van der Waals surface area contributed by atoms with Crippen molar-refractivity contribution in [3.05, 3.63) is 30.6 Å². The van der Waals surface area contributed by atoms with Crippen LogP contribution in [-0.2, 0) is 20.8 Å². The predicted molar refractivity (Wildman–Crippen MR) is 84.9 cm³/mol. The molecule has 23 heavy (non-hydrogen) atoms. The molecule has 2 fully saturated rings. The first kappa shape index (κ1) is 14.7. The van der Waals surface area contributed by atoms with Crippen molar-refractivity contribution in [2.24, 2.45) is 11.8 Å². The Kier molecular flexibility index (Phi) is 3.79. The number of benzene rings is 1. The number of hydrogen-bond acceptors (Lipinski definition) is 4. The second-order valence-corrected chi connectivity index (χ2v) is 6.36. The molecule has 1 saturated heterocycles. The Morgan fingerprint density at radius 1 is 1.48 bits per heavy atom. The van der Waals surface area contributed by atoms with Crippen LogP contribution < -0.4 is 5.32 Å². The summed E-state index contributed by atoms with van der Waals surface area (Å²) in [6.07, 6.45) is 2.98. The number of rotatable bonds is 5. The Bertz CT molecular complexity index is 714. The average Bonchev–Trinajstić information content (AvgIpc) is 3.16. The lowest BCUT2D eigenvalue weighted by molar-refractivity contribution is -0.130. The lowest BCUT2D eigenvalue weighted by atomic mass is 9.67. The SMILES string of the molecule is COC[C@@H]1[C@@H](NC(=O)Cn2cnc3ccccc32)[C@@H]2CCO[C@H]12. The fourth-order valence-corrected chi connectivity index (χ4v) is 3.96. The highest BCUT2D eigenvalue weighted by Crippen LogP contribution is 2.43. The van der Waals surface area contributed by atoms with E-state index in [1.807, 2.05) is 28.8 Å². The van der Waals surface area contributed by atoms with Gasteiger partial charge in [-0.2, -0.15) is 0 Å². The van der Waals surface area contributed by atoms with E-state index in [9.17, 15) is 4.79 Å². The van der Waals surface area contributed by atoms with Crippen LogP contribution in [0, 0.1) is 11.8 Å². The minimum atomic E-state index is 0.0182. The summed E-state index contributed by atoms with van der Waals surface area (Å²) in [7, 11) is 1.69. The Hall–Kier alpha value is -1.92. The highest BCUT2D eigenvalue weighted by molar-refractivity contribution is 5.80. The number of imidazole rings is 1. The van der Waals surface area contributed by atoms with Crippen molar-refractivity contribution in [2.45, 2.75) is 25.1 Å². The Morgan fingerprint density at radius 3 is 3.22 bits per heavy atom. The number of amides is 1. The van der Waals surface area contributed by atoms with Crippen molar-refractivity contribution in [3.8, 4) is 0 Å². The zero-order valence-electron chi connectivity index (χ0n) is 13.1. The third kappa shape index (κ3) is 2.52. The number of methoxy groups -OCH3 is 1. The molecule has 0 radical (unpaired) electrons. The Labute approximate surface area is 134 Å². The van der Waals surface area contributed by atoms with Crippen molar-refractivity contribution < 1.29 is 14.3 Å². The predicted octanol–water partition coefficient (Wildman–Crippen LogP) is 1.20. The number of carbonyl (C=O) groups excluding carboxylic acids is 1. The minimum Gasteiger partial charge on any atom is -0.384 e. The van der Waals surface area contributed by atoms with E-state index < -0.39 is 0 Å². The van der Waals surface area contributed by atoms with Crippen LogP contribution in [-0.4, -0.2) is 47.9 Å². The van der Waals surface area contributed by atoms with Crippen molar-refractivity contribution in [3.63, 3.8) is 0 Å². The maximum absolute atomic E-state index is 12.5. The van der Waals surface area contributed by atoms with Crippen molar-refractivity contribution in [1.29, 1.82) is 0 Å². The number of aromatic nitrogens is 2. The number of nitrogens with zero attached hydrogens (tertiary/aromatic N) is 2. The van der Waals surface area contributed by atoms with Gasteiger partial charge in [-0.05, 0) is 18.6 Å². The quantitative estimate of drug-likeness (QED) is 0.900. The van der Waals surface area contributed by atoms with E-state index >= 15 is 0 Å². The summed E-state index contributed by atoms with van der Waals surface area (Å²) in [5.41, 5.74) is 1.89. The molecule has 6 nitrogen and oxygen atoms in total. The molecule has 1 aliphatic carbocycles. The number of carbonyl (C=O) groups is 1. The number of hydrogen-bond donors (Lipinski definition) is 1. The molecule has 0 spiro atoms. The summed E-state index contributed by atoms with van der Waals surface area (Å²) in [6, 6.07) is 7.99. The maximum atomic E-state index is 12.5. The van der Waals surface area contributed by atoms with E-state index in [4.69, 9.17) is 9.47 Å². The molecule has 2 heterocycles. The van der Waals surface area contributed by atoms with Crippen LogP contribution in [0.2, 0.25) is 0 Å². The van der Waals surface area contributed by atoms with Crippen LogP contribution in [0.25, 0.3) is 11.0 Å². The van der Waals surface area contributed by atoms with Gasteiger partial charge in [-0.1, -0.05) is 12.1 Å². The molecular formula is C17H21N3O3. The largest absolute Gasteiger partial charge is 0.384 e. The van der Waals surface area contributed by atoms with E-state index in [2.05, 4.69) is 10.3 Å². The van der Waals surface area contributed by atoms with Crippen molar-refractivity contribution >= 4 is 16.9 Å². The first-order valence-electron chi connectivity index (χ1n) is 8.07. The third-order valence-electron chi connectivity index (χ3n) is 5.06. The summed E-state index contributed by atoms with van der Waals surface area (Å²) in [6.45, 7) is 1.70. The third-order valence-corrected chi connectivity index (χ3v) is 5.06. The molecule has 1 amide bonds. The van der Waals surface area contributed by atoms with Crippen LogP contribution >= 0.6 is 0 Å². The molecule has 0 bridgehead atoms. The number of para-hydroxylation sites is 2. The van der Waals surface area contributed by atoms with E-state index in [-0.39, 0.29) is 30.5 Å². The second-order valence-electron chi connectivity index (χ2n) is 6.36. The van der Waals surface area contributed by atoms with Gasteiger partial charge in [0, 0.05) is 31.6 Å². The molecule has 0 unspecified atom stereocenters. The smallest absolute Gasteiger partial charge is 0.240 e. The van der Waals surface area contributed by atoms with E-state index in [0.29, 0.717) is 12.5 Å². The first-order chi connectivity index (χ1) is 11.3. The second kappa shape index (κ2) is 5.94. The molecule has 2 aliphatic rings. The average molecular weight is 315 g/mol. The molecule has 4 atom stereocenters.